The monoisotopic (exact) mass is 306 g/mol. The average molecular weight is 308 g/mol. The van der Waals surface area contributed by atoms with Gasteiger partial charge in [0.05, 0.1) is 0 Å². The van der Waals surface area contributed by atoms with Gasteiger partial charge in [-0.05, 0) is 11.5 Å². The zero-order valence-corrected chi connectivity index (χ0v) is 11.6. The number of benzene rings is 2. The summed E-state index contributed by atoms with van der Waals surface area (Å²) in [6, 6.07) is 14.0. The first-order valence-corrected chi connectivity index (χ1v) is 3.89. The molecule has 0 unspecified atom stereocenters. The molecule has 0 saturated carbocycles. The van der Waals surface area contributed by atoms with Gasteiger partial charge < -0.3 is 0 Å². The maximum Gasteiger partial charge on any atom is 0.0484 e. The van der Waals surface area contributed by atoms with Crippen LogP contribution in [0.2, 0.25) is 5.02 Å². The van der Waals surface area contributed by atoms with Crippen molar-refractivity contribution in [2.45, 2.75) is 0 Å². The van der Waals surface area contributed by atoms with Crippen LogP contribution in [0.5, 0.6) is 0 Å². The second kappa shape index (κ2) is 9.38. The molecule has 0 nitrogen and oxygen atoms in total. The summed E-state index contributed by atoms with van der Waals surface area (Å²) in [7, 11) is 0. The molecule has 0 aliphatic rings. The first-order chi connectivity index (χ1) is 5.38. The largest absolute Gasteiger partial charge is 0.147 e. The molecule has 0 atom stereocenters. The Balaban J connectivity index is -0.000000360. The Kier molecular flexibility index (Phi) is 12.9. The van der Waals surface area contributed by atoms with Crippen LogP contribution >= 0.6 is 61.2 Å². The zero-order valence-electron chi connectivity index (χ0n) is 7.55. The molecule has 0 radical (unpaired) electrons. The molecule has 15 heavy (non-hydrogen) atoms. The second-order valence-electron chi connectivity index (χ2n) is 2.46. The van der Waals surface area contributed by atoms with Crippen molar-refractivity contribution < 1.29 is 0 Å². The van der Waals surface area contributed by atoms with Crippen molar-refractivity contribution in [3.63, 3.8) is 0 Å². The van der Waals surface area contributed by atoms with Crippen molar-refractivity contribution in [1.29, 1.82) is 0 Å². The highest BCUT2D eigenvalue weighted by Crippen LogP contribution is 2.21. The van der Waals surface area contributed by atoms with Gasteiger partial charge in [-0.2, -0.15) is 0 Å². The minimum atomic E-state index is 0. The van der Waals surface area contributed by atoms with Crippen molar-refractivity contribution in [3.05, 3.63) is 47.5 Å². The van der Waals surface area contributed by atoms with Crippen molar-refractivity contribution in [2.75, 3.05) is 0 Å². The van der Waals surface area contributed by atoms with Gasteiger partial charge in [0, 0.05) is 10.4 Å². The maximum atomic E-state index is 5.96. The third-order valence-electron chi connectivity index (χ3n) is 1.74. The van der Waals surface area contributed by atoms with Crippen LogP contribution in [0.3, 0.4) is 0 Å². The summed E-state index contributed by atoms with van der Waals surface area (Å²) in [5.41, 5.74) is 0. The Morgan fingerprint density at radius 2 is 1.20 bits per heavy atom. The lowest BCUT2D eigenvalue weighted by atomic mass is 10.1. The molecule has 0 aliphatic heterocycles. The van der Waals surface area contributed by atoms with E-state index < -0.39 is 0 Å². The molecule has 0 aromatic heterocycles. The first kappa shape index (κ1) is 20.5. The van der Waals surface area contributed by atoms with E-state index in [9.17, 15) is 0 Å². The number of fused-ring (bicyclic) bond motifs is 1. The summed E-state index contributed by atoms with van der Waals surface area (Å²) in [4.78, 5) is 0. The molecule has 0 spiro atoms. The van der Waals surface area contributed by atoms with Gasteiger partial charge in [-0.3, -0.25) is 0 Å². The SMILES string of the molecule is Cl.Cl.Cl.Cl.Clc1cccc2ccccc12. The first-order valence-electron chi connectivity index (χ1n) is 3.51. The summed E-state index contributed by atoms with van der Waals surface area (Å²) < 4.78 is 0. The lowest BCUT2D eigenvalue weighted by molar-refractivity contribution is 1.75. The van der Waals surface area contributed by atoms with Crippen LogP contribution < -0.4 is 0 Å². The summed E-state index contributed by atoms with van der Waals surface area (Å²) in [5, 5.41) is 3.14. The van der Waals surface area contributed by atoms with E-state index in [0.29, 0.717) is 0 Å². The van der Waals surface area contributed by atoms with Gasteiger partial charge in [-0.1, -0.05) is 48.0 Å². The molecule has 0 bridgehead atoms. The smallest absolute Gasteiger partial charge is 0.0484 e. The maximum absolute atomic E-state index is 5.96. The van der Waals surface area contributed by atoms with E-state index in [4.69, 9.17) is 11.6 Å². The fourth-order valence-corrected chi connectivity index (χ4v) is 1.43. The van der Waals surface area contributed by atoms with Crippen LogP contribution in [0.1, 0.15) is 0 Å². The fraction of sp³-hybridized carbons (Fsp3) is 0. The summed E-state index contributed by atoms with van der Waals surface area (Å²) in [5.74, 6) is 0. The van der Waals surface area contributed by atoms with Crippen LogP contribution in [0.15, 0.2) is 42.5 Å². The molecule has 0 heterocycles. The van der Waals surface area contributed by atoms with E-state index in [1.807, 2.05) is 30.3 Å². The molecule has 5 heteroatoms. The van der Waals surface area contributed by atoms with E-state index in [2.05, 4.69) is 12.1 Å². The van der Waals surface area contributed by atoms with E-state index in [-0.39, 0.29) is 49.6 Å². The molecule has 0 aliphatic carbocycles. The third kappa shape index (κ3) is 4.67. The van der Waals surface area contributed by atoms with Gasteiger partial charge in [-0.25, -0.2) is 0 Å². The van der Waals surface area contributed by atoms with Crippen LogP contribution in [-0.2, 0) is 0 Å². The highest BCUT2D eigenvalue weighted by atomic mass is 35.5. The molecule has 2 aromatic rings. The molecule has 0 amide bonds. The predicted molar refractivity (Wildman–Crippen MR) is 78.0 cm³/mol. The Hall–Kier alpha value is 0.150. The standard InChI is InChI=1S/C10H7Cl.4ClH/c11-10-7-3-5-8-4-1-2-6-9(8)10;;;;/h1-7H;4*1H. The molecule has 2 rings (SSSR count). The van der Waals surface area contributed by atoms with E-state index in [1.165, 1.54) is 5.39 Å². The topological polar surface area (TPSA) is 0 Å². The Labute approximate surface area is 119 Å². The summed E-state index contributed by atoms with van der Waals surface area (Å²) >= 11 is 5.96. The second-order valence-corrected chi connectivity index (χ2v) is 2.87. The number of hydrogen-bond donors (Lipinski definition) is 0. The lowest BCUT2D eigenvalue weighted by Gasteiger charge is -1.97. The zero-order chi connectivity index (χ0) is 7.68. The van der Waals surface area contributed by atoms with Crippen molar-refractivity contribution >= 4 is 72.0 Å². The number of halogens is 5. The number of hydrogen-bond acceptors (Lipinski definition) is 0. The third-order valence-corrected chi connectivity index (χ3v) is 2.07. The Morgan fingerprint density at radius 1 is 0.667 bits per heavy atom. The predicted octanol–water partition coefficient (Wildman–Crippen LogP) is 5.18. The molecule has 2 aromatic carbocycles. The van der Waals surface area contributed by atoms with Gasteiger partial charge in [0.15, 0.2) is 0 Å². The van der Waals surface area contributed by atoms with Crippen molar-refractivity contribution in [3.8, 4) is 0 Å². The Morgan fingerprint density at radius 3 is 1.80 bits per heavy atom. The van der Waals surface area contributed by atoms with E-state index in [1.54, 1.807) is 0 Å². The van der Waals surface area contributed by atoms with Crippen LogP contribution in [0.4, 0.5) is 0 Å². The van der Waals surface area contributed by atoms with Crippen LogP contribution in [0, 0.1) is 0 Å². The highest BCUT2D eigenvalue weighted by Gasteiger charge is 1.93. The Bertz CT molecular complexity index is 383. The summed E-state index contributed by atoms with van der Waals surface area (Å²) in [6.45, 7) is 0. The molecule has 0 fully saturated rings. The molecular weight excluding hydrogens is 297 g/mol. The minimum absolute atomic E-state index is 0. The lowest BCUT2D eigenvalue weighted by Crippen LogP contribution is -1.70. The minimum Gasteiger partial charge on any atom is -0.147 e. The average Bonchev–Trinajstić information content (AvgIpc) is 2.06. The normalized spacial score (nSPS) is 7.53. The quantitative estimate of drug-likeness (QED) is 0.629. The van der Waals surface area contributed by atoms with Crippen LogP contribution in [0.25, 0.3) is 10.8 Å². The van der Waals surface area contributed by atoms with Gasteiger partial charge in [0.2, 0.25) is 0 Å². The van der Waals surface area contributed by atoms with E-state index >= 15 is 0 Å². The number of rotatable bonds is 0. The van der Waals surface area contributed by atoms with Crippen molar-refractivity contribution in [2.24, 2.45) is 0 Å². The molecular formula is C10H11Cl5. The highest BCUT2D eigenvalue weighted by molar-refractivity contribution is 6.35. The molecule has 86 valence electrons. The van der Waals surface area contributed by atoms with E-state index in [0.717, 1.165) is 10.4 Å². The summed E-state index contributed by atoms with van der Waals surface area (Å²) in [6.07, 6.45) is 0. The molecule has 0 N–H and O–H groups in total. The van der Waals surface area contributed by atoms with Gasteiger partial charge in [-0.15, -0.1) is 49.6 Å². The fourth-order valence-electron chi connectivity index (χ4n) is 1.19. The van der Waals surface area contributed by atoms with Crippen molar-refractivity contribution in [1.82, 2.24) is 0 Å². The van der Waals surface area contributed by atoms with Crippen LogP contribution in [-0.4, -0.2) is 0 Å². The van der Waals surface area contributed by atoms with Gasteiger partial charge in [0.1, 0.15) is 0 Å². The van der Waals surface area contributed by atoms with Gasteiger partial charge in [0.25, 0.3) is 0 Å². The van der Waals surface area contributed by atoms with Gasteiger partial charge >= 0.3 is 0 Å². The molecule has 0 saturated heterocycles.